The quantitative estimate of drug-likeness (QED) is 0.803. The van der Waals surface area contributed by atoms with Crippen LogP contribution in [0.15, 0.2) is 28.8 Å². The minimum Gasteiger partial charge on any atom is -0.488 e. The third-order valence-corrected chi connectivity index (χ3v) is 6.53. The number of rotatable bonds is 5. The average Bonchev–Trinajstić information content (AvgIpc) is 3.23. The molecule has 2 aliphatic rings. The molecular formula is C22H27ClN2O4. The van der Waals surface area contributed by atoms with Gasteiger partial charge in [-0.15, -0.1) is 0 Å². The molecule has 1 aromatic heterocycles. The highest BCUT2D eigenvalue weighted by Crippen LogP contribution is 2.38. The Morgan fingerprint density at radius 2 is 2.07 bits per heavy atom. The van der Waals surface area contributed by atoms with E-state index < -0.39 is 6.10 Å². The molecule has 1 aromatic carbocycles. The minimum absolute atomic E-state index is 0.154. The van der Waals surface area contributed by atoms with E-state index in [-0.39, 0.29) is 12.0 Å². The molecule has 4 atom stereocenters. The number of halogens is 1. The SMILES string of the molecule is Cc1noc(C)c1CCC(=O)N1C[C@H]2C[C@@H](Oc3cccc(Cl)c3)[C@H](O)C[C@H]2C1. The number of benzene rings is 1. The molecule has 1 N–H and O–H groups in total. The van der Waals surface area contributed by atoms with Crippen LogP contribution in [0.2, 0.25) is 5.02 Å². The van der Waals surface area contributed by atoms with Crippen LogP contribution in [0.3, 0.4) is 0 Å². The second kappa shape index (κ2) is 8.36. The van der Waals surface area contributed by atoms with E-state index in [1.807, 2.05) is 30.9 Å². The van der Waals surface area contributed by atoms with Crippen molar-refractivity contribution in [2.45, 2.75) is 51.7 Å². The van der Waals surface area contributed by atoms with E-state index in [0.717, 1.165) is 30.0 Å². The number of hydrogen-bond acceptors (Lipinski definition) is 5. The number of likely N-dealkylation sites (tertiary alicyclic amines) is 1. The molecule has 0 radical (unpaired) electrons. The molecule has 0 unspecified atom stereocenters. The normalized spacial score (nSPS) is 26.4. The van der Waals surface area contributed by atoms with Crippen molar-refractivity contribution < 1.29 is 19.2 Å². The zero-order chi connectivity index (χ0) is 20.5. The van der Waals surface area contributed by atoms with Crippen molar-refractivity contribution in [1.29, 1.82) is 0 Å². The minimum atomic E-state index is -0.535. The number of amides is 1. The van der Waals surface area contributed by atoms with Crippen LogP contribution >= 0.6 is 11.6 Å². The van der Waals surface area contributed by atoms with Crippen LogP contribution in [0.1, 0.15) is 36.3 Å². The first-order valence-corrected chi connectivity index (χ1v) is 10.6. The lowest BCUT2D eigenvalue weighted by atomic mass is 9.78. The monoisotopic (exact) mass is 418 g/mol. The van der Waals surface area contributed by atoms with Crippen LogP contribution in [0.5, 0.6) is 5.75 Å². The second-order valence-corrected chi connectivity index (χ2v) is 8.71. The molecule has 2 fully saturated rings. The fourth-order valence-corrected chi connectivity index (χ4v) is 4.86. The third-order valence-electron chi connectivity index (χ3n) is 6.29. The number of nitrogens with zero attached hydrogens (tertiary/aromatic N) is 2. The summed E-state index contributed by atoms with van der Waals surface area (Å²) in [4.78, 5) is 14.7. The van der Waals surface area contributed by atoms with E-state index in [1.54, 1.807) is 12.1 Å². The van der Waals surface area contributed by atoms with Gasteiger partial charge in [0.25, 0.3) is 0 Å². The topological polar surface area (TPSA) is 75.8 Å². The summed E-state index contributed by atoms with van der Waals surface area (Å²) in [6.45, 7) is 5.23. The molecule has 0 spiro atoms. The summed E-state index contributed by atoms with van der Waals surface area (Å²) in [7, 11) is 0. The molecule has 2 aromatic rings. The summed E-state index contributed by atoms with van der Waals surface area (Å²) in [5.74, 6) is 2.29. The largest absolute Gasteiger partial charge is 0.488 e. The van der Waals surface area contributed by atoms with Crippen molar-refractivity contribution in [2.24, 2.45) is 11.8 Å². The first-order valence-electron chi connectivity index (χ1n) is 10.2. The Bertz CT molecular complexity index is 864. The Hall–Kier alpha value is -2.05. The molecule has 1 aliphatic heterocycles. The van der Waals surface area contributed by atoms with E-state index in [1.165, 1.54) is 0 Å². The van der Waals surface area contributed by atoms with Gasteiger partial charge in [-0.2, -0.15) is 0 Å². The molecule has 1 saturated heterocycles. The maximum absolute atomic E-state index is 12.8. The number of aliphatic hydroxyl groups excluding tert-OH is 1. The number of fused-ring (bicyclic) bond motifs is 1. The number of carbonyl (C=O) groups excluding carboxylic acids is 1. The number of hydrogen-bond donors (Lipinski definition) is 1. The zero-order valence-electron chi connectivity index (χ0n) is 16.8. The lowest BCUT2D eigenvalue weighted by molar-refractivity contribution is -0.130. The molecule has 6 nitrogen and oxygen atoms in total. The molecule has 1 aliphatic carbocycles. The maximum atomic E-state index is 12.8. The van der Waals surface area contributed by atoms with Crippen LogP contribution in [0.4, 0.5) is 0 Å². The molecule has 1 amide bonds. The lowest BCUT2D eigenvalue weighted by Gasteiger charge is -2.35. The van der Waals surface area contributed by atoms with E-state index in [0.29, 0.717) is 48.4 Å². The highest BCUT2D eigenvalue weighted by molar-refractivity contribution is 6.30. The molecular weight excluding hydrogens is 392 g/mol. The van der Waals surface area contributed by atoms with Crippen molar-refractivity contribution in [2.75, 3.05) is 13.1 Å². The highest BCUT2D eigenvalue weighted by atomic mass is 35.5. The van der Waals surface area contributed by atoms with Gasteiger partial charge in [0.1, 0.15) is 17.6 Å². The van der Waals surface area contributed by atoms with Crippen LogP contribution in [0.25, 0.3) is 0 Å². The van der Waals surface area contributed by atoms with E-state index in [9.17, 15) is 9.90 Å². The number of aliphatic hydroxyl groups is 1. The van der Waals surface area contributed by atoms with E-state index in [4.69, 9.17) is 20.9 Å². The Kier molecular flexibility index (Phi) is 5.83. The molecule has 2 heterocycles. The van der Waals surface area contributed by atoms with Crippen molar-refractivity contribution in [3.05, 3.63) is 46.3 Å². The first-order chi connectivity index (χ1) is 13.9. The van der Waals surface area contributed by atoms with Gasteiger partial charge < -0.3 is 19.3 Å². The van der Waals surface area contributed by atoms with E-state index in [2.05, 4.69) is 5.16 Å². The van der Waals surface area contributed by atoms with Gasteiger partial charge in [-0.1, -0.05) is 22.8 Å². The smallest absolute Gasteiger partial charge is 0.222 e. The summed E-state index contributed by atoms with van der Waals surface area (Å²) >= 11 is 6.03. The predicted molar refractivity (Wildman–Crippen MR) is 109 cm³/mol. The molecule has 7 heteroatoms. The van der Waals surface area contributed by atoms with Gasteiger partial charge in [0.05, 0.1) is 11.8 Å². The summed E-state index contributed by atoms with van der Waals surface area (Å²) in [5.41, 5.74) is 1.88. The van der Waals surface area contributed by atoms with Crippen molar-refractivity contribution in [3.8, 4) is 5.75 Å². The predicted octanol–water partition coefficient (Wildman–Crippen LogP) is 3.55. The van der Waals surface area contributed by atoms with Crippen LogP contribution in [-0.2, 0) is 11.2 Å². The fourth-order valence-electron chi connectivity index (χ4n) is 4.68. The van der Waals surface area contributed by atoms with Gasteiger partial charge in [0, 0.05) is 30.1 Å². The Morgan fingerprint density at radius 3 is 2.76 bits per heavy atom. The molecule has 29 heavy (non-hydrogen) atoms. The van der Waals surface area contributed by atoms with Crippen molar-refractivity contribution in [1.82, 2.24) is 10.1 Å². The van der Waals surface area contributed by atoms with Crippen molar-refractivity contribution >= 4 is 17.5 Å². The van der Waals surface area contributed by atoms with Gasteiger partial charge in [-0.05, 0) is 63.1 Å². The van der Waals surface area contributed by atoms with Crippen LogP contribution in [0, 0.1) is 25.7 Å². The average molecular weight is 419 g/mol. The molecule has 4 rings (SSSR count). The molecule has 1 saturated carbocycles. The summed E-state index contributed by atoms with van der Waals surface area (Å²) < 4.78 is 11.2. The molecule has 156 valence electrons. The van der Waals surface area contributed by atoms with Crippen LogP contribution in [-0.4, -0.2) is 46.4 Å². The Morgan fingerprint density at radius 1 is 1.31 bits per heavy atom. The maximum Gasteiger partial charge on any atom is 0.222 e. The van der Waals surface area contributed by atoms with Gasteiger partial charge in [0.15, 0.2) is 0 Å². The second-order valence-electron chi connectivity index (χ2n) is 8.27. The first kappa shape index (κ1) is 20.2. The highest BCUT2D eigenvalue weighted by Gasteiger charge is 2.43. The lowest BCUT2D eigenvalue weighted by Crippen LogP contribution is -2.42. The van der Waals surface area contributed by atoms with Gasteiger partial charge in [0.2, 0.25) is 5.91 Å². The van der Waals surface area contributed by atoms with Gasteiger partial charge >= 0.3 is 0 Å². The fraction of sp³-hybridized carbons (Fsp3) is 0.545. The number of aryl methyl sites for hydroxylation is 2. The zero-order valence-corrected chi connectivity index (χ0v) is 17.6. The number of carbonyl (C=O) groups is 1. The number of ether oxygens (including phenoxy) is 1. The summed E-state index contributed by atoms with van der Waals surface area (Å²) in [6.07, 6.45) is 1.69. The summed E-state index contributed by atoms with van der Waals surface area (Å²) in [6, 6.07) is 7.25. The van der Waals surface area contributed by atoms with Gasteiger partial charge in [-0.3, -0.25) is 4.79 Å². The Labute approximate surface area is 175 Å². The Balaban J connectivity index is 1.34. The van der Waals surface area contributed by atoms with Gasteiger partial charge in [-0.25, -0.2) is 0 Å². The number of aromatic nitrogens is 1. The van der Waals surface area contributed by atoms with E-state index >= 15 is 0 Å². The van der Waals surface area contributed by atoms with Crippen LogP contribution < -0.4 is 4.74 Å². The standard InChI is InChI=1S/C22H27ClN2O4/c1-13-19(14(2)29-24-13)6-7-22(27)25-11-15-8-20(26)21(9-16(15)12-25)28-18-5-3-4-17(23)10-18/h3-5,10,15-16,20-21,26H,6-9,11-12H2,1-2H3/t15-,16+,20+,21+/m0/s1. The van der Waals surface area contributed by atoms with Crippen molar-refractivity contribution in [3.63, 3.8) is 0 Å². The molecule has 0 bridgehead atoms. The third kappa shape index (κ3) is 4.43. The summed E-state index contributed by atoms with van der Waals surface area (Å²) in [5, 5.41) is 15.2.